The molecule has 0 amide bonds. The zero-order valence-corrected chi connectivity index (χ0v) is 13.3. The van der Waals surface area contributed by atoms with Gasteiger partial charge in [0.25, 0.3) is 0 Å². The molecule has 4 heteroatoms. The maximum Gasteiger partial charge on any atom is 0.216 e. The number of hydrogen-bond donors (Lipinski definition) is 0. The fourth-order valence-electron chi connectivity index (χ4n) is 3.18. The van der Waals surface area contributed by atoms with Gasteiger partial charge in [-0.05, 0) is 30.7 Å². The first kappa shape index (κ1) is 14.4. The molecule has 2 aromatic carbocycles. The molecule has 116 valence electrons. The molecule has 0 radical (unpaired) electrons. The van der Waals surface area contributed by atoms with Crippen molar-refractivity contribution in [1.82, 2.24) is 0 Å². The van der Waals surface area contributed by atoms with Gasteiger partial charge in [0.05, 0.1) is 22.6 Å². The van der Waals surface area contributed by atoms with Crippen molar-refractivity contribution < 1.29 is 13.4 Å². The van der Waals surface area contributed by atoms with Crippen molar-refractivity contribution in [2.75, 3.05) is 0 Å². The number of halogens is 1. The Balaban J connectivity index is 2.18. The average Bonchev–Trinajstić information content (AvgIpc) is 2.94. The lowest BCUT2D eigenvalue weighted by atomic mass is 10.0. The van der Waals surface area contributed by atoms with E-state index in [1.165, 1.54) is 6.07 Å². The molecule has 0 bridgehead atoms. The summed E-state index contributed by atoms with van der Waals surface area (Å²) in [4.78, 5) is 0. The molecular weight excluding hydrogens is 303 g/mol. The lowest BCUT2D eigenvalue weighted by molar-refractivity contribution is -0.660. The third kappa shape index (κ3) is 1.99. The van der Waals surface area contributed by atoms with E-state index in [0.717, 1.165) is 22.2 Å². The van der Waals surface area contributed by atoms with Gasteiger partial charge in [-0.2, -0.15) is 5.26 Å². The number of nitriles is 1. The van der Waals surface area contributed by atoms with E-state index in [0.29, 0.717) is 16.6 Å². The first-order chi connectivity index (χ1) is 11.6. The van der Waals surface area contributed by atoms with Crippen molar-refractivity contribution >= 4 is 21.9 Å². The van der Waals surface area contributed by atoms with Gasteiger partial charge >= 0.3 is 0 Å². The Labute approximate surface area is 138 Å². The second-order valence-electron chi connectivity index (χ2n) is 5.88. The van der Waals surface area contributed by atoms with Crippen LogP contribution >= 0.6 is 0 Å². The van der Waals surface area contributed by atoms with Crippen LogP contribution in [0, 0.1) is 24.1 Å². The molecule has 2 aromatic heterocycles. The predicted molar refractivity (Wildman–Crippen MR) is 89.7 cm³/mol. The third-order valence-corrected chi connectivity index (χ3v) is 4.34. The lowest BCUT2D eigenvalue weighted by Gasteiger charge is -2.05. The summed E-state index contributed by atoms with van der Waals surface area (Å²) in [6.45, 7) is 2.01. The Morgan fingerprint density at radius 3 is 2.75 bits per heavy atom. The molecule has 3 nitrogen and oxygen atoms in total. The van der Waals surface area contributed by atoms with Gasteiger partial charge in [-0.1, -0.05) is 12.1 Å². The fraction of sp³-hybridized carbons (Fsp3) is 0.100. The van der Waals surface area contributed by atoms with Gasteiger partial charge in [0.1, 0.15) is 24.0 Å². The molecule has 0 spiro atoms. The van der Waals surface area contributed by atoms with Crippen LogP contribution in [-0.2, 0) is 7.05 Å². The number of aromatic nitrogens is 1. The van der Waals surface area contributed by atoms with Crippen LogP contribution in [0.15, 0.2) is 53.1 Å². The highest BCUT2D eigenvalue weighted by Gasteiger charge is 2.21. The Morgan fingerprint density at radius 1 is 1.17 bits per heavy atom. The van der Waals surface area contributed by atoms with Crippen LogP contribution in [-0.4, -0.2) is 0 Å². The molecular formula is C20H14FN2O+. The van der Waals surface area contributed by atoms with Gasteiger partial charge in [0.15, 0.2) is 6.20 Å². The second-order valence-corrected chi connectivity index (χ2v) is 5.88. The number of furan rings is 1. The highest BCUT2D eigenvalue weighted by atomic mass is 19.1. The number of fused-ring (bicyclic) bond motifs is 3. The van der Waals surface area contributed by atoms with Crippen LogP contribution in [0.1, 0.15) is 11.1 Å². The summed E-state index contributed by atoms with van der Waals surface area (Å²) in [5.41, 5.74) is 4.25. The number of benzene rings is 2. The molecule has 4 aromatic rings. The topological polar surface area (TPSA) is 40.8 Å². The van der Waals surface area contributed by atoms with Crippen molar-refractivity contribution in [3.63, 3.8) is 0 Å². The van der Waals surface area contributed by atoms with Gasteiger partial charge < -0.3 is 4.42 Å². The van der Waals surface area contributed by atoms with Crippen LogP contribution < -0.4 is 4.57 Å². The molecule has 0 saturated heterocycles. The van der Waals surface area contributed by atoms with Crippen molar-refractivity contribution in [3.8, 4) is 17.3 Å². The SMILES string of the molecule is Cc1ccc2c(oc3cc(C#N)cc(F)c32)c1-c1cccc[n+]1C. The van der Waals surface area contributed by atoms with E-state index in [1.807, 2.05) is 61.1 Å². The Hall–Kier alpha value is -3.19. The molecule has 4 rings (SSSR count). The number of rotatable bonds is 1. The molecule has 0 aliphatic rings. The van der Waals surface area contributed by atoms with Gasteiger partial charge in [-0.15, -0.1) is 0 Å². The van der Waals surface area contributed by atoms with E-state index in [4.69, 9.17) is 9.68 Å². The summed E-state index contributed by atoms with van der Waals surface area (Å²) in [7, 11) is 1.96. The molecule has 0 atom stereocenters. The predicted octanol–water partition coefficient (Wildman–Crippen LogP) is 4.40. The highest BCUT2D eigenvalue weighted by molar-refractivity contribution is 6.10. The summed E-state index contributed by atoms with van der Waals surface area (Å²) >= 11 is 0. The van der Waals surface area contributed by atoms with E-state index in [2.05, 4.69) is 0 Å². The molecule has 24 heavy (non-hydrogen) atoms. The van der Waals surface area contributed by atoms with Gasteiger partial charge in [0.2, 0.25) is 5.69 Å². The molecule has 0 saturated carbocycles. The van der Waals surface area contributed by atoms with Crippen LogP contribution in [0.5, 0.6) is 0 Å². The summed E-state index contributed by atoms with van der Waals surface area (Å²) < 4.78 is 22.5. The maximum absolute atomic E-state index is 14.5. The Bertz CT molecular complexity index is 1150. The number of nitrogens with zero attached hydrogens (tertiary/aromatic N) is 2. The smallest absolute Gasteiger partial charge is 0.216 e. The fourth-order valence-corrected chi connectivity index (χ4v) is 3.18. The van der Waals surface area contributed by atoms with Crippen molar-refractivity contribution in [2.45, 2.75) is 6.92 Å². The van der Waals surface area contributed by atoms with E-state index in [1.54, 1.807) is 6.07 Å². The monoisotopic (exact) mass is 317 g/mol. The summed E-state index contributed by atoms with van der Waals surface area (Å²) in [6, 6.07) is 14.6. The van der Waals surface area contributed by atoms with Gasteiger partial charge in [-0.25, -0.2) is 8.96 Å². The van der Waals surface area contributed by atoms with Crippen LogP contribution in [0.2, 0.25) is 0 Å². The zero-order chi connectivity index (χ0) is 16.8. The van der Waals surface area contributed by atoms with Crippen molar-refractivity contribution in [1.29, 1.82) is 5.26 Å². The molecule has 2 heterocycles. The lowest BCUT2D eigenvalue weighted by Crippen LogP contribution is -2.30. The summed E-state index contributed by atoms with van der Waals surface area (Å²) in [5.74, 6) is -0.435. The minimum Gasteiger partial charge on any atom is -0.455 e. The molecule has 0 N–H and O–H groups in total. The number of hydrogen-bond acceptors (Lipinski definition) is 2. The first-order valence-electron chi connectivity index (χ1n) is 7.60. The van der Waals surface area contributed by atoms with E-state index in [-0.39, 0.29) is 5.56 Å². The highest BCUT2D eigenvalue weighted by Crippen LogP contribution is 2.38. The summed E-state index contributed by atoms with van der Waals surface area (Å²) in [5, 5.41) is 10.2. The maximum atomic E-state index is 14.5. The van der Waals surface area contributed by atoms with Crippen LogP contribution in [0.3, 0.4) is 0 Å². The normalized spacial score (nSPS) is 11.1. The molecule has 0 fully saturated rings. The summed E-state index contributed by atoms with van der Waals surface area (Å²) in [6.07, 6.45) is 1.96. The van der Waals surface area contributed by atoms with E-state index in [9.17, 15) is 4.39 Å². The van der Waals surface area contributed by atoms with Crippen molar-refractivity contribution in [2.24, 2.45) is 7.05 Å². The average molecular weight is 317 g/mol. The minimum absolute atomic E-state index is 0.252. The number of pyridine rings is 1. The number of aryl methyl sites for hydroxylation is 2. The standard InChI is InChI=1S/C20H14FN2O/c1-12-6-7-14-19-15(21)9-13(11-22)10-17(19)24-20(14)18(12)16-5-3-4-8-23(16)2/h3-10H,1-2H3/q+1. The Morgan fingerprint density at radius 2 is 2.00 bits per heavy atom. The third-order valence-electron chi connectivity index (χ3n) is 4.34. The Kier molecular flexibility index (Phi) is 3.10. The zero-order valence-electron chi connectivity index (χ0n) is 13.3. The molecule has 0 unspecified atom stereocenters. The quantitative estimate of drug-likeness (QED) is 0.488. The van der Waals surface area contributed by atoms with Crippen LogP contribution in [0.4, 0.5) is 4.39 Å². The molecule has 0 aliphatic carbocycles. The van der Waals surface area contributed by atoms with Gasteiger partial charge in [-0.3, -0.25) is 0 Å². The minimum atomic E-state index is -0.435. The van der Waals surface area contributed by atoms with Crippen LogP contribution in [0.25, 0.3) is 33.2 Å². The second kappa shape index (κ2) is 5.17. The van der Waals surface area contributed by atoms with E-state index < -0.39 is 5.82 Å². The largest absolute Gasteiger partial charge is 0.455 e. The molecule has 0 aliphatic heterocycles. The van der Waals surface area contributed by atoms with Crippen molar-refractivity contribution in [3.05, 3.63) is 65.6 Å². The van der Waals surface area contributed by atoms with Gasteiger partial charge in [0, 0.05) is 17.5 Å². The van der Waals surface area contributed by atoms with E-state index >= 15 is 0 Å². The first-order valence-corrected chi connectivity index (χ1v) is 7.60.